The van der Waals surface area contributed by atoms with Crippen molar-refractivity contribution < 1.29 is 14.3 Å². The number of hydrogen-bond donors (Lipinski definition) is 1. The normalized spacial score (nSPS) is 11.6. The summed E-state index contributed by atoms with van der Waals surface area (Å²) in [4.78, 5) is 36.4. The molecule has 0 aliphatic heterocycles. The molecule has 0 saturated carbocycles. The first kappa shape index (κ1) is 17.2. The number of carbonyl (C=O) groups is 2. The zero-order chi connectivity index (χ0) is 18.5. The maximum atomic E-state index is 12.4. The molecular formula is C17H16N6O3. The molecule has 0 saturated heterocycles. The van der Waals surface area contributed by atoms with Crippen molar-refractivity contribution in [3.63, 3.8) is 0 Å². The zero-order valence-corrected chi connectivity index (χ0v) is 14.2. The minimum absolute atomic E-state index is 0.138. The van der Waals surface area contributed by atoms with Crippen molar-refractivity contribution >= 4 is 17.8 Å². The number of ether oxygens (including phenoxy) is 1. The number of hydrogen-bond acceptors (Lipinski definition) is 7. The molecule has 3 aromatic rings. The minimum atomic E-state index is -1.02. The Morgan fingerprint density at radius 3 is 2.54 bits per heavy atom. The van der Waals surface area contributed by atoms with Gasteiger partial charge in [0.05, 0.1) is 11.9 Å². The van der Waals surface area contributed by atoms with Crippen molar-refractivity contribution in [1.29, 1.82) is 0 Å². The van der Waals surface area contributed by atoms with Gasteiger partial charge in [-0.25, -0.2) is 24.4 Å². The molecule has 0 aliphatic rings. The summed E-state index contributed by atoms with van der Waals surface area (Å²) in [6.07, 6.45) is 4.98. The number of esters is 1. The van der Waals surface area contributed by atoms with E-state index in [1.165, 1.54) is 30.2 Å². The molecule has 3 rings (SSSR count). The SMILES string of the molecule is Cc1c(C(=O)OC(C)C(=O)Nc2ncccn2)cnn1-c1ccccn1. The van der Waals surface area contributed by atoms with E-state index < -0.39 is 18.0 Å². The molecule has 0 radical (unpaired) electrons. The van der Waals surface area contributed by atoms with E-state index in [-0.39, 0.29) is 11.5 Å². The monoisotopic (exact) mass is 352 g/mol. The van der Waals surface area contributed by atoms with E-state index in [1.54, 1.807) is 31.3 Å². The molecule has 1 unspecified atom stereocenters. The van der Waals surface area contributed by atoms with Gasteiger partial charge in [-0.15, -0.1) is 0 Å². The van der Waals surface area contributed by atoms with Crippen molar-refractivity contribution in [2.45, 2.75) is 20.0 Å². The molecule has 3 aromatic heterocycles. The topological polar surface area (TPSA) is 112 Å². The highest BCUT2D eigenvalue weighted by Gasteiger charge is 2.23. The number of rotatable bonds is 5. The number of anilines is 1. The van der Waals surface area contributed by atoms with Crippen LogP contribution in [-0.4, -0.2) is 42.7 Å². The predicted octanol–water partition coefficient (Wildman–Crippen LogP) is 1.55. The van der Waals surface area contributed by atoms with Crippen LogP contribution in [0.1, 0.15) is 23.0 Å². The first-order chi connectivity index (χ1) is 12.6. The van der Waals surface area contributed by atoms with E-state index in [2.05, 4.69) is 25.4 Å². The van der Waals surface area contributed by atoms with E-state index >= 15 is 0 Å². The van der Waals surface area contributed by atoms with Gasteiger partial charge in [-0.2, -0.15) is 5.10 Å². The lowest BCUT2D eigenvalue weighted by Gasteiger charge is -2.12. The molecule has 132 valence electrons. The van der Waals surface area contributed by atoms with Gasteiger partial charge < -0.3 is 4.74 Å². The van der Waals surface area contributed by atoms with Crippen LogP contribution in [0.25, 0.3) is 5.82 Å². The number of carbonyl (C=O) groups excluding carboxylic acids is 2. The lowest BCUT2D eigenvalue weighted by atomic mass is 10.2. The molecule has 9 heteroatoms. The third-order valence-corrected chi connectivity index (χ3v) is 3.55. The highest BCUT2D eigenvalue weighted by molar-refractivity contribution is 5.96. The van der Waals surface area contributed by atoms with E-state index in [0.717, 1.165) is 0 Å². The second kappa shape index (κ2) is 7.51. The Labute approximate surface area is 149 Å². The van der Waals surface area contributed by atoms with Gasteiger partial charge in [0.25, 0.3) is 5.91 Å². The van der Waals surface area contributed by atoms with E-state index in [0.29, 0.717) is 11.5 Å². The average molecular weight is 352 g/mol. The van der Waals surface area contributed by atoms with Gasteiger partial charge in [-0.3, -0.25) is 10.1 Å². The molecule has 0 aliphatic carbocycles. The fourth-order valence-corrected chi connectivity index (χ4v) is 2.17. The van der Waals surface area contributed by atoms with Crippen LogP contribution in [0, 0.1) is 6.92 Å². The van der Waals surface area contributed by atoms with Crippen LogP contribution in [0.4, 0.5) is 5.95 Å². The molecule has 0 bridgehead atoms. The second-order valence-electron chi connectivity index (χ2n) is 5.35. The fourth-order valence-electron chi connectivity index (χ4n) is 2.17. The molecule has 1 amide bonds. The van der Waals surface area contributed by atoms with Crippen LogP contribution in [0.2, 0.25) is 0 Å². The van der Waals surface area contributed by atoms with Crippen LogP contribution in [0.15, 0.2) is 49.1 Å². The van der Waals surface area contributed by atoms with Crippen LogP contribution in [0.5, 0.6) is 0 Å². The quantitative estimate of drug-likeness (QED) is 0.693. The third-order valence-electron chi connectivity index (χ3n) is 3.55. The molecule has 1 N–H and O–H groups in total. The van der Waals surface area contributed by atoms with Gasteiger partial charge in [0.2, 0.25) is 5.95 Å². The largest absolute Gasteiger partial charge is 0.449 e. The van der Waals surface area contributed by atoms with Crippen molar-refractivity contribution in [2.75, 3.05) is 5.32 Å². The molecule has 3 heterocycles. The van der Waals surface area contributed by atoms with Crippen molar-refractivity contribution in [3.05, 3.63) is 60.3 Å². The van der Waals surface area contributed by atoms with Crippen molar-refractivity contribution in [1.82, 2.24) is 24.7 Å². The molecule has 0 spiro atoms. The predicted molar refractivity (Wildman–Crippen MR) is 91.6 cm³/mol. The summed E-state index contributed by atoms with van der Waals surface area (Å²) in [6.45, 7) is 3.19. The van der Waals surface area contributed by atoms with Crippen LogP contribution < -0.4 is 5.32 Å². The summed E-state index contributed by atoms with van der Waals surface area (Å²) in [7, 11) is 0. The lowest BCUT2D eigenvalue weighted by Crippen LogP contribution is -2.30. The first-order valence-electron chi connectivity index (χ1n) is 7.81. The summed E-state index contributed by atoms with van der Waals surface area (Å²) in [5.74, 6) is -0.462. The molecule has 26 heavy (non-hydrogen) atoms. The van der Waals surface area contributed by atoms with E-state index in [9.17, 15) is 9.59 Å². The molecule has 1 atom stereocenters. The number of nitrogens with one attached hydrogen (secondary N) is 1. The summed E-state index contributed by atoms with van der Waals surface area (Å²) in [5, 5.41) is 6.63. The fraction of sp³-hybridized carbons (Fsp3) is 0.176. The minimum Gasteiger partial charge on any atom is -0.449 e. The van der Waals surface area contributed by atoms with Crippen LogP contribution >= 0.6 is 0 Å². The smallest absolute Gasteiger partial charge is 0.342 e. The second-order valence-corrected chi connectivity index (χ2v) is 5.35. The van der Waals surface area contributed by atoms with Gasteiger partial charge in [0.15, 0.2) is 11.9 Å². The van der Waals surface area contributed by atoms with Crippen LogP contribution in [-0.2, 0) is 9.53 Å². The van der Waals surface area contributed by atoms with E-state index in [4.69, 9.17) is 4.74 Å². The number of nitrogens with zero attached hydrogens (tertiary/aromatic N) is 5. The molecular weight excluding hydrogens is 336 g/mol. The average Bonchev–Trinajstić information content (AvgIpc) is 3.04. The Balaban J connectivity index is 1.68. The van der Waals surface area contributed by atoms with Gasteiger partial charge in [-0.05, 0) is 32.0 Å². The Kier molecular flexibility index (Phi) is 4.97. The molecule has 9 nitrogen and oxygen atoms in total. The van der Waals surface area contributed by atoms with Crippen molar-refractivity contribution in [3.8, 4) is 5.82 Å². The zero-order valence-electron chi connectivity index (χ0n) is 14.2. The molecule has 0 aromatic carbocycles. The van der Waals surface area contributed by atoms with Gasteiger partial charge in [0, 0.05) is 18.6 Å². The molecule has 0 fully saturated rings. The summed E-state index contributed by atoms with van der Waals surface area (Å²) in [5.41, 5.74) is 0.818. The lowest BCUT2D eigenvalue weighted by molar-refractivity contribution is -0.123. The van der Waals surface area contributed by atoms with Gasteiger partial charge >= 0.3 is 5.97 Å². The standard InChI is InChI=1S/C17H16N6O3/c1-11-13(10-21-23(11)14-6-3-4-7-18-14)16(25)26-12(2)15(24)22-17-19-8-5-9-20-17/h3-10,12H,1-2H3,(H,19,20,22,24). The summed E-state index contributed by atoms with van der Waals surface area (Å²) < 4.78 is 6.75. The van der Waals surface area contributed by atoms with Gasteiger partial charge in [-0.1, -0.05) is 6.07 Å². The maximum absolute atomic E-state index is 12.4. The number of pyridine rings is 1. The Morgan fingerprint density at radius 2 is 1.85 bits per heavy atom. The summed E-state index contributed by atoms with van der Waals surface area (Å²) in [6, 6.07) is 7.00. The number of amides is 1. The maximum Gasteiger partial charge on any atom is 0.342 e. The van der Waals surface area contributed by atoms with Crippen molar-refractivity contribution in [2.24, 2.45) is 0 Å². The third kappa shape index (κ3) is 3.72. The van der Waals surface area contributed by atoms with E-state index in [1.807, 2.05) is 6.07 Å². The Morgan fingerprint density at radius 1 is 1.12 bits per heavy atom. The Hall–Kier alpha value is -3.62. The summed E-state index contributed by atoms with van der Waals surface area (Å²) >= 11 is 0. The number of aromatic nitrogens is 5. The Bertz CT molecular complexity index is 911. The first-order valence-corrected chi connectivity index (χ1v) is 7.81. The highest BCUT2D eigenvalue weighted by Crippen LogP contribution is 2.14. The van der Waals surface area contributed by atoms with Gasteiger partial charge in [0.1, 0.15) is 5.56 Å². The van der Waals surface area contributed by atoms with Crippen LogP contribution in [0.3, 0.4) is 0 Å². The highest BCUT2D eigenvalue weighted by atomic mass is 16.5.